The van der Waals surface area contributed by atoms with Crippen molar-refractivity contribution in [1.82, 2.24) is 4.98 Å². The van der Waals surface area contributed by atoms with E-state index in [2.05, 4.69) is 15.0 Å². The Bertz CT molecular complexity index is 1580. The Kier molecular flexibility index (Phi) is 7.81. The zero-order valence-corrected chi connectivity index (χ0v) is 21.3. The van der Waals surface area contributed by atoms with Gasteiger partial charge in [0.15, 0.2) is 0 Å². The summed E-state index contributed by atoms with van der Waals surface area (Å²) in [5.41, 5.74) is -1.29. The number of rotatable bonds is 7. The quantitative estimate of drug-likeness (QED) is 0.239. The van der Waals surface area contributed by atoms with Crippen LogP contribution in [0.3, 0.4) is 0 Å². The van der Waals surface area contributed by atoms with Gasteiger partial charge in [0.2, 0.25) is 0 Å². The van der Waals surface area contributed by atoms with Crippen molar-refractivity contribution in [3.63, 3.8) is 0 Å². The van der Waals surface area contributed by atoms with Gasteiger partial charge < -0.3 is 10.1 Å². The van der Waals surface area contributed by atoms with Crippen LogP contribution in [0, 0.1) is 0 Å². The van der Waals surface area contributed by atoms with Gasteiger partial charge >= 0.3 is 6.18 Å². The van der Waals surface area contributed by atoms with Crippen molar-refractivity contribution in [3.05, 3.63) is 106 Å². The molecule has 0 atom stereocenters. The zero-order chi connectivity index (χ0) is 27.5. The van der Waals surface area contributed by atoms with E-state index in [1.54, 1.807) is 24.3 Å². The minimum atomic E-state index is -4.59. The van der Waals surface area contributed by atoms with Gasteiger partial charge in [0.1, 0.15) is 17.3 Å². The molecule has 0 spiro atoms. The van der Waals surface area contributed by atoms with Crippen molar-refractivity contribution in [3.8, 4) is 11.5 Å². The van der Waals surface area contributed by atoms with Crippen LogP contribution in [-0.2, 0) is 16.2 Å². The van der Waals surface area contributed by atoms with Crippen molar-refractivity contribution in [2.24, 2.45) is 0 Å². The molecule has 4 rings (SSSR count). The molecule has 7 nitrogen and oxygen atoms in total. The van der Waals surface area contributed by atoms with Crippen molar-refractivity contribution in [2.75, 3.05) is 10.0 Å². The number of hydrogen-bond donors (Lipinski definition) is 2. The lowest BCUT2D eigenvalue weighted by molar-refractivity contribution is -0.137. The molecule has 38 heavy (non-hydrogen) atoms. The fraction of sp³-hybridized carbons (Fsp3) is 0.0400. The van der Waals surface area contributed by atoms with Gasteiger partial charge in [-0.1, -0.05) is 35.3 Å². The van der Waals surface area contributed by atoms with Crippen molar-refractivity contribution in [2.45, 2.75) is 11.1 Å². The van der Waals surface area contributed by atoms with E-state index in [1.165, 1.54) is 42.5 Å². The maximum Gasteiger partial charge on any atom is 0.417 e. The number of carbonyl (C=O) groups excluding carboxylic acids is 1. The second-order valence-corrected chi connectivity index (χ2v) is 10.2. The lowest BCUT2D eigenvalue weighted by atomic mass is 10.1. The minimum Gasteiger partial charge on any atom is -0.456 e. The molecule has 196 valence electrons. The molecule has 1 amide bonds. The molecule has 0 saturated carbocycles. The summed E-state index contributed by atoms with van der Waals surface area (Å²) in [4.78, 5) is 16.3. The number of carbonyl (C=O) groups is 1. The third-order valence-electron chi connectivity index (χ3n) is 5.00. The number of benzene rings is 3. The lowest BCUT2D eigenvalue weighted by Gasteiger charge is -2.14. The van der Waals surface area contributed by atoms with Crippen molar-refractivity contribution < 1.29 is 31.1 Å². The van der Waals surface area contributed by atoms with Crippen LogP contribution >= 0.6 is 23.2 Å². The number of nitrogens with one attached hydrogen (secondary N) is 2. The smallest absolute Gasteiger partial charge is 0.417 e. The highest BCUT2D eigenvalue weighted by Crippen LogP contribution is 2.31. The number of para-hydroxylation sites is 1. The second-order valence-electron chi connectivity index (χ2n) is 7.68. The molecule has 0 aliphatic heterocycles. The molecule has 0 unspecified atom stereocenters. The normalized spacial score (nSPS) is 11.6. The van der Waals surface area contributed by atoms with Crippen LogP contribution in [0.2, 0.25) is 10.0 Å². The first-order valence-corrected chi connectivity index (χ1v) is 12.9. The van der Waals surface area contributed by atoms with Crippen molar-refractivity contribution >= 4 is 50.6 Å². The van der Waals surface area contributed by atoms with E-state index >= 15 is 0 Å². The first-order valence-electron chi connectivity index (χ1n) is 10.6. The van der Waals surface area contributed by atoms with E-state index in [0.717, 1.165) is 12.1 Å². The fourth-order valence-electron chi connectivity index (χ4n) is 3.16. The number of pyridine rings is 1. The van der Waals surface area contributed by atoms with E-state index < -0.39 is 27.7 Å². The van der Waals surface area contributed by atoms with Crippen LogP contribution in [0.15, 0.2) is 90.0 Å². The first kappa shape index (κ1) is 27.2. The molecule has 0 radical (unpaired) electrons. The van der Waals surface area contributed by atoms with Crippen LogP contribution in [0.5, 0.6) is 11.5 Å². The Balaban J connectivity index is 1.53. The molecule has 0 bridgehead atoms. The maximum atomic E-state index is 13.0. The Morgan fingerprint density at radius 3 is 2.26 bits per heavy atom. The van der Waals surface area contributed by atoms with Gasteiger partial charge in [-0.2, -0.15) is 13.2 Å². The number of alkyl halides is 3. The average molecular weight is 582 g/mol. The van der Waals surface area contributed by atoms with E-state index in [1.807, 2.05) is 0 Å². The van der Waals surface area contributed by atoms with E-state index in [-0.39, 0.29) is 27.0 Å². The molecule has 13 heteroatoms. The van der Waals surface area contributed by atoms with Gasteiger partial charge in [-0.05, 0) is 66.7 Å². The van der Waals surface area contributed by atoms with Gasteiger partial charge in [0.05, 0.1) is 26.7 Å². The van der Waals surface area contributed by atoms with Gasteiger partial charge in [0, 0.05) is 11.2 Å². The Hall–Kier alpha value is -3.80. The summed E-state index contributed by atoms with van der Waals surface area (Å²) in [6.45, 7) is 0. The Morgan fingerprint density at radius 1 is 0.921 bits per heavy atom. The molecule has 1 aromatic heterocycles. The number of sulfonamides is 1. The molecule has 0 aliphatic carbocycles. The van der Waals surface area contributed by atoms with Crippen LogP contribution in [0.4, 0.5) is 24.7 Å². The highest BCUT2D eigenvalue weighted by Gasteiger charge is 2.30. The number of anilines is 2. The molecule has 4 aromatic rings. The standard InChI is InChI=1S/C25H16Cl2F3N3O4S/c26-16-6-11-21(19(13-16)24(34)32-23-12-5-15(14-31-23)25(28,29)30)33-38(35,36)18-9-7-17(8-10-18)37-22-4-2-1-3-20(22)27/h1-14,33H,(H,31,32,34). The second kappa shape index (κ2) is 10.9. The summed E-state index contributed by atoms with van der Waals surface area (Å²) in [7, 11) is -4.17. The summed E-state index contributed by atoms with van der Waals surface area (Å²) in [6, 6.07) is 17.8. The van der Waals surface area contributed by atoms with Gasteiger partial charge in [-0.15, -0.1) is 0 Å². The van der Waals surface area contributed by atoms with E-state index in [0.29, 0.717) is 22.7 Å². The highest BCUT2D eigenvalue weighted by molar-refractivity contribution is 7.92. The summed E-state index contributed by atoms with van der Waals surface area (Å²) < 4.78 is 72.3. The molecule has 0 fully saturated rings. The molecular formula is C25H16Cl2F3N3O4S. The number of nitrogens with zero attached hydrogens (tertiary/aromatic N) is 1. The largest absolute Gasteiger partial charge is 0.456 e. The van der Waals surface area contributed by atoms with E-state index in [9.17, 15) is 26.4 Å². The van der Waals surface area contributed by atoms with E-state index in [4.69, 9.17) is 27.9 Å². The van der Waals surface area contributed by atoms with Crippen LogP contribution in [-0.4, -0.2) is 19.3 Å². The van der Waals surface area contributed by atoms with Crippen LogP contribution in [0.25, 0.3) is 0 Å². The predicted octanol–water partition coefficient (Wildman–Crippen LogP) is 7.25. The number of ether oxygens (including phenoxy) is 1. The predicted molar refractivity (Wildman–Crippen MR) is 137 cm³/mol. The minimum absolute atomic E-state index is 0.116. The SMILES string of the molecule is O=C(Nc1ccc(C(F)(F)F)cn1)c1cc(Cl)ccc1NS(=O)(=O)c1ccc(Oc2ccccc2Cl)cc1. The molecule has 0 aliphatic rings. The van der Waals surface area contributed by atoms with Gasteiger partial charge in [-0.3, -0.25) is 9.52 Å². The van der Waals surface area contributed by atoms with Crippen LogP contribution < -0.4 is 14.8 Å². The number of amides is 1. The van der Waals surface area contributed by atoms with Gasteiger partial charge in [-0.25, -0.2) is 13.4 Å². The summed E-state index contributed by atoms with van der Waals surface area (Å²) in [5, 5.41) is 2.83. The first-order chi connectivity index (χ1) is 17.9. The lowest BCUT2D eigenvalue weighted by Crippen LogP contribution is -2.19. The molecular weight excluding hydrogens is 566 g/mol. The van der Waals surface area contributed by atoms with Gasteiger partial charge in [0.25, 0.3) is 15.9 Å². The molecule has 1 heterocycles. The summed E-state index contributed by atoms with van der Waals surface area (Å²) >= 11 is 12.1. The Morgan fingerprint density at radius 2 is 1.63 bits per heavy atom. The van der Waals surface area contributed by atoms with Crippen LogP contribution in [0.1, 0.15) is 15.9 Å². The number of halogens is 5. The number of aromatic nitrogens is 1. The monoisotopic (exact) mass is 581 g/mol. The maximum absolute atomic E-state index is 13.0. The number of hydrogen-bond acceptors (Lipinski definition) is 5. The summed E-state index contributed by atoms with van der Waals surface area (Å²) in [5.74, 6) is -0.290. The zero-order valence-electron chi connectivity index (χ0n) is 19.0. The summed E-state index contributed by atoms with van der Waals surface area (Å²) in [6.07, 6.45) is -4.02. The molecule has 2 N–H and O–H groups in total. The average Bonchev–Trinajstić information content (AvgIpc) is 2.86. The van der Waals surface area contributed by atoms with Crippen molar-refractivity contribution in [1.29, 1.82) is 0 Å². The topological polar surface area (TPSA) is 97.4 Å². The molecule has 0 saturated heterocycles. The third-order valence-corrected chi connectivity index (χ3v) is 6.93. The molecule has 3 aromatic carbocycles. The fourth-order valence-corrected chi connectivity index (χ4v) is 4.58. The highest BCUT2D eigenvalue weighted by atomic mass is 35.5. The Labute approximate surface area is 225 Å². The third kappa shape index (κ3) is 6.55.